The fourth-order valence-electron chi connectivity index (χ4n) is 3.59. The van der Waals surface area contributed by atoms with Gasteiger partial charge in [0.05, 0.1) is 17.0 Å². The highest BCUT2D eigenvalue weighted by atomic mass is 35.5. The van der Waals surface area contributed by atoms with Crippen LogP contribution >= 0.6 is 23.2 Å². The molecule has 10 heteroatoms. The molecule has 1 atom stereocenters. The number of amides is 2. The SMILES string of the molecule is CC[C@H](C(=O)NCC(C)C)N(CCc1ccccc1)C(=O)CN(c1cc(Cl)ccc1Cl)S(C)(=O)=O. The molecule has 0 aliphatic heterocycles. The van der Waals surface area contributed by atoms with Gasteiger partial charge < -0.3 is 10.2 Å². The molecule has 0 aliphatic rings. The summed E-state index contributed by atoms with van der Waals surface area (Å²) in [6, 6.07) is 13.3. The molecule has 192 valence electrons. The molecule has 7 nitrogen and oxygen atoms in total. The minimum atomic E-state index is -3.88. The summed E-state index contributed by atoms with van der Waals surface area (Å²) in [5.41, 5.74) is 1.11. The Balaban J connectivity index is 2.38. The van der Waals surface area contributed by atoms with E-state index in [-0.39, 0.29) is 34.1 Å². The van der Waals surface area contributed by atoms with Crippen molar-refractivity contribution in [3.05, 3.63) is 64.1 Å². The van der Waals surface area contributed by atoms with E-state index >= 15 is 0 Å². The van der Waals surface area contributed by atoms with E-state index in [1.54, 1.807) is 0 Å². The molecule has 2 aromatic rings. The van der Waals surface area contributed by atoms with Gasteiger partial charge >= 0.3 is 0 Å². The van der Waals surface area contributed by atoms with Gasteiger partial charge in [-0.25, -0.2) is 8.42 Å². The molecular formula is C25H33Cl2N3O4S. The normalized spacial score (nSPS) is 12.3. The van der Waals surface area contributed by atoms with E-state index in [1.807, 2.05) is 51.1 Å². The molecule has 0 bridgehead atoms. The van der Waals surface area contributed by atoms with Crippen LogP contribution in [0.2, 0.25) is 10.0 Å². The number of carbonyl (C=O) groups is 2. The van der Waals surface area contributed by atoms with Gasteiger partial charge in [0.2, 0.25) is 21.8 Å². The number of nitrogens with one attached hydrogen (secondary N) is 1. The first-order valence-corrected chi connectivity index (χ1v) is 14.1. The molecule has 0 radical (unpaired) electrons. The van der Waals surface area contributed by atoms with Crippen LogP contribution in [0.15, 0.2) is 48.5 Å². The molecule has 0 saturated heterocycles. The highest BCUT2D eigenvalue weighted by Gasteiger charge is 2.32. The Labute approximate surface area is 218 Å². The number of benzene rings is 2. The van der Waals surface area contributed by atoms with E-state index in [9.17, 15) is 18.0 Å². The summed E-state index contributed by atoms with van der Waals surface area (Å²) in [6.07, 6.45) is 1.89. The molecule has 0 heterocycles. The second kappa shape index (κ2) is 13.1. The third-order valence-corrected chi connectivity index (χ3v) is 7.09. The summed E-state index contributed by atoms with van der Waals surface area (Å²) < 4.78 is 26.2. The highest BCUT2D eigenvalue weighted by molar-refractivity contribution is 7.92. The maximum atomic E-state index is 13.6. The fourth-order valence-corrected chi connectivity index (χ4v) is 4.88. The molecular weight excluding hydrogens is 509 g/mol. The second-order valence-corrected chi connectivity index (χ2v) is 11.5. The van der Waals surface area contributed by atoms with Crippen LogP contribution in [0.3, 0.4) is 0 Å². The molecule has 2 amide bonds. The summed E-state index contributed by atoms with van der Waals surface area (Å²) in [7, 11) is -3.88. The quantitative estimate of drug-likeness (QED) is 0.431. The summed E-state index contributed by atoms with van der Waals surface area (Å²) in [4.78, 5) is 28.1. The minimum Gasteiger partial charge on any atom is -0.354 e. The third kappa shape index (κ3) is 8.70. The van der Waals surface area contributed by atoms with Crippen LogP contribution in [0, 0.1) is 5.92 Å². The molecule has 0 aliphatic carbocycles. The maximum Gasteiger partial charge on any atom is 0.244 e. The average Bonchev–Trinajstić information content (AvgIpc) is 2.80. The predicted octanol–water partition coefficient (Wildman–Crippen LogP) is 4.38. The van der Waals surface area contributed by atoms with Gasteiger partial charge in [-0.05, 0) is 42.5 Å². The molecule has 2 rings (SSSR count). The van der Waals surface area contributed by atoms with Crippen molar-refractivity contribution in [2.45, 2.75) is 39.7 Å². The van der Waals surface area contributed by atoms with E-state index in [1.165, 1.54) is 23.1 Å². The van der Waals surface area contributed by atoms with E-state index < -0.39 is 28.5 Å². The Kier molecular flexibility index (Phi) is 10.9. The Hall–Kier alpha value is -2.29. The van der Waals surface area contributed by atoms with Gasteiger partial charge in [-0.2, -0.15) is 0 Å². The van der Waals surface area contributed by atoms with Gasteiger partial charge in [-0.3, -0.25) is 13.9 Å². The van der Waals surface area contributed by atoms with Gasteiger partial charge in [0, 0.05) is 18.1 Å². The summed E-state index contributed by atoms with van der Waals surface area (Å²) in [5, 5.41) is 3.32. The van der Waals surface area contributed by atoms with Crippen molar-refractivity contribution in [1.82, 2.24) is 10.2 Å². The van der Waals surface area contributed by atoms with E-state index in [2.05, 4.69) is 5.32 Å². The van der Waals surface area contributed by atoms with Crippen LogP contribution in [-0.4, -0.2) is 57.1 Å². The highest BCUT2D eigenvalue weighted by Crippen LogP contribution is 2.30. The van der Waals surface area contributed by atoms with Crippen molar-refractivity contribution in [2.24, 2.45) is 5.92 Å². The topological polar surface area (TPSA) is 86.8 Å². The van der Waals surface area contributed by atoms with Crippen molar-refractivity contribution in [2.75, 3.05) is 30.2 Å². The van der Waals surface area contributed by atoms with Crippen LogP contribution in [-0.2, 0) is 26.0 Å². The fraction of sp³-hybridized carbons (Fsp3) is 0.440. The smallest absolute Gasteiger partial charge is 0.244 e. The first kappa shape index (κ1) is 28.9. The number of hydrogen-bond acceptors (Lipinski definition) is 4. The van der Waals surface area contributed by atoms with Crippen LogP contribution in [0.4, 0.5) is 5.69 Å². The summed E-state index contributed by atoms with van der Waals surface area (Å²) >= 11 is 12.3. The Morgan fingerprint density at radius 2 is 1.71 bits per heavy atom. The first-order chi connectivity index (χ1) is 16.4. The van der Waals surface area contributed by atoms with Crippen LogP contribution in [0.1, 0.15) is 32.8 Å². The number of hydrogen-bond donors (Lipinski definition) is 1. The lowest BCUT2D eigenvalue weighted by Gasteiger charge is -2.33. The maximum absolute atomic E-state index is 13.6. The zero-order valence-electron chi connectivity index (χ0n) is 20.5. The number of anilines is 1. The second-order valence-electron chi connectivity index (χ2n) is 8.75. The molecule has 0 saturated carbocycles. The zero-order valence-corrected chi connectivity index (χ0v) is 22.8. The monoisotopic (exact) mass is 541 g/mol. The number of rotatable bonds is 12. The minimum absolute atomic E-state index is 0.107. The molecule has 0 aromatic heterocycles. The lowest BCUT2D eigenvalue weighted by molar-refractivity contribution is -0.139. The first-order valence-electron chi connectivity index (χ1n) is 11.5. The Morgan fingerprint density at radius 3 is 2.29 bits per heavy atom. The lowest BCUT2D eigenvalue weighted by atomic mass is 10.1. The third-order valence-electron chi connectivity index (χ3n) is 5.41. The van der Waals surface area contributed by atoms with Gasteiger partial charge in [-0.15, -0.1) is 0 Å². The van der Waals surface area contributed by atoms with Gasteiger partial charge in [0.1, 0.15) is 12.6 Å². The Bertz CT molecular complexity index is 1110. The average molecular weight is 543 g/mol. The van der Waals surface area contributed by atoms with E-state index in [0.717, 1.165) is 16.1 Å². The number of nitrogens with zero attached hydrogens (tertiary/aromatic N) is 2. The largest absolute Gasteiger partial charge is 0.354 e. The van der Waals surface area contributed by atoms with Gasteiger partial charge in [-0.1, -0.05) is 74.3 Å². The van der Waals surface area contributed by atoms with Crippen molar-refractivity contribution >= 4 is 50.7 Å². The van der Waals surface area contributed by atoms with Crippen molar-refractivity contribution in [3.63, 3.8) is 0 Å². The summed E-state index contributed by atoms with van der Waals surface area (Å²) in [6.45, 7) is 6.00. The molecule has 0 fully saturated rings. The number of halogens is 2. The summed E-state index contributed by atoms with van der Waals surface area (Å²) in [5.74, 6) is -0.529. The van der Waals surface area contributed by atoms with Crippen LogP contribution < -0.4 is 9.62 Å². The number of sulfonamides is 1. The zero-order chi connectivity index (χ0) is 26.2. The van der Waals surface area contributed by atoms with Crippen molar-refractivity contribution in [1.29, 1.82) is 0 Å². The van der Waals surface area contributed by atoms with Crippen LogP contribution in [0.5, 0.6) is 0 Å². The standard InChI is InChI=1S/C25H33Cl2N3O4S/c1-5-22(25(32)28-16-18(2)3)29(14-13-19-9-7-6-8-10-19)24(31)17-30(35(4,33)34)23-15-20(26)11-12-21(23)27/h6-12,15,18,22H,5,13-14,16-17H2,1-4H3,(H,28,32)/t22-/m1/s1. The van der Waals surface area contributed by atoms with Gasteiger partial charge in [0.15, 0.2) is 0 Å². The lowest BCUT2D eigenvalue weighted by Crippen LogP contribution is -2.53. The van der Waals surface area contributed by atoms with Crippen molar-refractivity contribution < 1.29 is 18.0 Å². The molecule has 35 heavy (non-hydrogen) atoms. The van der Waals surface area contributed by atoms with E-state index in [4.69, 9.17) is 23.2 Å². The Morgan fingerprint density at radius 1 is 1.06 bits per heavy atom. The van der Waals surface area contributed by atoms with Crippen LogP contribution in [0.25, 0.3) is 0 Å². The van der Waals surface area contributed by atoms with Crippen molar-refractivity contribution in [3.8, 4) is 0 Å². The van der Waals surface area contributed by atoms with E-state index in [0.29, 0.717) is 19.4 Å². The molecule has 1 N–H and O–H groups in total. The predicted molar refractivity (Wildman–Crippen MR) is 142 cm³/mol. The van der Waals surface area contributed by atoms with Gasteiger partial charge in [0.25, 0.3) is 0 Å². The number of carbonyl (C=O) groups excluding carboxylic acids is 2. The molecule has 0 unspecified atom stereocenters. The molecule has 0 spiro atoms. The molecule has 2 aromatic carbocycles.